The van der Waals surface area contributed by atoms with Gasteiger partial charge in [0.2, 0.25) is 0 Å². The van der Waals surface area contributed by atoms with Crippen molar-refractivity contribution in [3.63, 3.8) is 0 Å². The first kappa shape index (κ1) is 23.5. The molecule has 164 valence electrons. The lowest BCUT2D eigenvalue weighted by Gasteiger charge is -2.36. The smallest absolute Gasteiger partial charge is 0.260 e. The Labute approximate surface area is 175 Å². The van der Waals surface area contributed by atoms with Crippen molar-refractivity contribution in [3.8, 4) is 11.5 Å². The Morgan fingerprint density at radius 1 is 1.17 bits per heavy atom. The van der Waals surface area contributed by atoms with Gasteiger partial charge in [-0.1, -0.05) is 13.0 Å². The van der Waals surface area contributed by atoms with Gasteiger partial charge in [-0.25, -0.2) is 0 Å². The maximum absolute atomic E-state index is 12.2. The van der Waals surface area contributed by atoms with Crippen LogP contribution in [0.1, 0.15) is 46.1 Å². The number of benzene rings is 1. The normalized spacial score (nSPS) is 19.8. The second-order valence-corrected chi connectivity index (χ2v) is 7.69. The van der Waals surface area contributed by atoms with E-state index in [0.29, 0.717) is 31.2 Å². The third kappa shape index (κ3) is 6.89. The van der Waals surface area contributed by atoms with E-state index in [1.807, 2.05) is 39.0 Å². The first-order chi connectivity index (χ1) is 14.0. The van der Waals surface area contributed by atoms with Crippen molar-refractivity contribution in [1.82, 2.24) is 9.80 Å². The summed E-state index contributed by atoms with van der Waals surface area (Å²) in [5.74, 6) is 1.45. The van der Waals surface area contributed by atoms with Crippen molar-refractivity contribution in [1.29, 1.82) is 0 Å². The zero-order valence-corrected chi connectivity index (χ0v) is 18.5. The van der Waals surface area contributed by atoms with Crippen LogP contribution in [0.15, 0.2) is 18.2 Å². The Morgan fingerprint density at radius 2 is 1.93 bits per heavy atom. The Hall–Kier alpha value is -1.79. The number of aliphatic hydroxyl groups is 1. The van der Waals surface area contributed by atoms with Gasteiger partial charge in [-0.15, -0.1) is 0 Å². The third-order valence-corrected chi connectivity index (χ3v) is 5.59. The van der Waals surface area contributed by atoms with Gasteiger partial charge in [-0.3, -0.25) is 4.79 Å². The average Bonchev–Trinajstić information content (AvgIpc) is 2.71. The van der Waals surface area contributed by atoms with Gasteiger partial charge >= 0.3 is 0 Å². The monoisotopic (exact) mass is 406 g/mol. The first-order valence-corrected chi connectivity index (χ1v) is 11.1. The summed E-state index contributed by atoms with van der Waals surface area (Å²) in [5, 5.41) is 10.5. The predicted molar refractivity (Wildman–Crippen MR) is 116 cm³/mol. The van der Waals surface area contributed by atoms with Crippen LogP contribution < -0.4 is 9.47 Å². The van der Waals surface area contributed by atoms with Crippen LogP contribution in [-0.4, -0.2) is 72.9 Å². The number of likely N-dealkylation sites (tertiary alicyclic amines) is 1. The van der Waals surface area contributed by atoms with E-state index in [1.54, 1.807) is 4.90 Å². The molecule has 6 nitrogen and oxygen atoms in total. The van der Waals surface area contributed by atoms with Gasteiger partial charge in [-0.05, 0) is 64.3 Å². The molecule has 6 heteroatoms. The van der Waals surface area contributed by atoms with E-state index < -0.39 is 0 Å². The van der Waals surface area contributed by atoms with Crippen LogP contribution in [0, 0.1) is 5.92 Å². The summed E-state index contributed by atoms with van der Waals surface area (Å²) in [6.45, 7) is 12.9. The van der Waals surface area contributed by atoms with Crippen molar-refractivity contribution in [2.24, 2.45) is 5.92 Å². The van der Waals surface area contributed by atoms with Gasteiger partial charge in [-0.2, -0.15) is 0 Å². The number of likely N-dealkylation sites (N-methyl/N-ethyl adjacent to an activating group) is 1. The van der Waals surface area contributed by atoms with Crippen molar-refractivity contribution >= 4 is 5.91 Å². The molecular weight excluding hydrogens is 368 g/mol. The summed E-state index contributed by atoms with van der Waals surface area (Å²) in [7, 11) is 0. The molecule has 2 unspecified atom stereocenters. The predicted octanol–water partition coefficient (Wildman–Crippen LogP) is 2.97. The molecule has 2 atom stereocenters. The van der Waals surface area contributed by atoms with E-state index in [0.717, 1.165) is 44.5 Å². The van der Waals surface area contributed by atoms with Crippen LogP contribution >= 0.6 is 0 Å². The lowest BCUT2D eigenvalue weighted by atomic mass is 9.88. The molecule has 0 aromatic heterocycles. The van der Waals surface area contributed by atoms with Crippen LogP contribution in [0.5, 0.6) is 11.5 Å². The fourth-order valence-corrected chi connectivity index (χ4v) is 3.99. The summed E-state index contributed by atoms with van der Waals surface area (Å²) >= 11 is 0. The van der Waals surface area contributed by atoms with Crippen molar-refractivity contribution in [2.45, 2.75) is 53.1 Å². The van der Waals surface area contributed by atoms with E-state index in [4.69, 9.17) is 9.47 Å². The van der Waals surface area contributed by atoms with E-state index >= 15 is 0 Å². The number of nitrogens with zero attached hydrogens (tertiary/aromatic N) is 2. The summed E-state index contributed by atoms with van der Waals surface area (Å²) in [6, 6.07) is 5.90. The molecule has 29 heavy (non-hydrogen) atoms. The van der Waals surface area contributed by atoms with E-state index in [-0.39, 0.29) is 24.5 Å². The molecule has 1 aliphatic heterocycles. The third-order valence-electron chi connectivity index (χ3n) is 5.59. The Bertz CT molecular complexity index is 633. The second kappa shape index (κ2) is 12.0. The number of carbonyl (C=O) groups excluding carboxylic acids is 1. The van der Waals surface area contributed by atoms with Gasteiger partial charge < -0.3 is 24.4 Å². The van der Waals surface area contributed by atoms with Crippen LogP contribution in [0.3, 0.4) is 0 Å². The molecule has 0 spiro atoms. The molecule has 1 N–H and O–H groups in total. The number of hydrogen-bond donors (Lipinski definition) is 1. The SMILES string of the molecule is CCCN1CCC(O)C(Cc2ccc(OCC(=O)N(CC)CC)c(OCC)c2)C1. The molecular formula is C23H38N2O4. The number of aliphatic hydroxyl groups excluding tert-OH is 1. The fourth-order valence-electron chi connectivity index (χ4n) is 3.99. The van der Waals surface area contributed by atoms with Crippen LogP contribution in [0.2, 0.25) is 0 Å². The lowest BCUT2D eigenvalue weighted by Crippen LogP contribution is -2.44. The summed E-state index contributed by atoms with van der Waals surface area (Å²) in [5.41, 5.74) is 1.12. The fraction of sp³-hybridized carbons (Fsp3) is 0.696. The Balaban J connectivity index is 2.05. The molecule has 1 aliphatic rings. The molecule has 1 saturated heterocycles. The molecule has 1 fully saturated rings. The largest absolute Gasteiger partial charge is 0.490 e. The van der Waals surface area contributed by atoms with Crippen LogP contribution in [0.25, 0.3) is 0 Å². The number of carbonyl (C=O) groups is 1. The summed E-state index contributed by atoms with van der Waals surface area (Å²) in [6.07, 6.45) is 2.51. The second-order valence-electron chi connectivity index (χ2n) is 7.69. The van der Waals surface area contributed by atoms with Gasteiger partial charge in [0.05, 0.1) is 12.7 Å². The molecule has 0 radical (unpaired) electrons. The summed E-state index contributed by atoms with van der Waals surface area (Å²) < 4.78 is 11.6. The highest BCUT2D eigenvalue weighted by molar-refractivity contribution is 5.77. The molecule has 0 saturated carbocycles. The molecule has 1 heterocycles. The van der Waals surface area contributed by atoms with Crippen molar-refractivity contribution < 1.29 is 19.4 Å². The molecule has 0 bridgehead atoms. The number of rotatable bonds is 11. The van der Waals surface area contributed by atoms with E-state index in [1.165, 1.54) is 0 Å². The summed E-state index contributed by atoms with van der Waals surface area (Å²) in [4.78, 5) is 16.4. The number of amides is 1. The number of ether oxygens (including phenoxy) is 2. The minimum atomic E-state index is -0.263. The number of piperidine rings is 1. The van der Waals surface area contributed by atoms with Crippen LogP contribution in [0.4, 0.5) is 0 Å². The zero-order chi connectivity index (χ0) is 21.2. The first-order valence-electron chi connectivity index (χ1n) is 11.1. The quantitative estimate of drug-likeness (QED) is 0.612. The topological polar surface area (TPSA) is 62.2 Å². The van der Waals surface area contributed by atoms with Crippen molar-refractivity contribution in [2.75, 3.05) is 45.9 Å². The van der Waals surface area contributed by atoms with E-state index in [9.17, 15) is 9.90 Å². The molecule has 1 amide bonds. The molecule has 1 aromatic carbocycles. The Morgan fingerprint density at radius 3 is 2.59 bits per heavy atom. The van der Waals surface area contributed by atoms with Gasteiger partial charge in [0.25, 0.3) is 5.91 Å². The Kier molecular flexibility index (Phi) is 9.74. The minimum absolute atomic E-state index is 0.00835. The van der Waals surface area contributed by atoms with Gasteiger partial charge in [0.1, 0.15) is 0 Å². The van der Waals surface area contributed by atoms with Crippen molar-refractivity contribution in [3.05, 3.63) is 23.8 Å². The maximum atomic E-state index is 12.2. The maximum Gasteiger partial charge on any atom is 0.260 e. The molecule has 0 aliphatic carbocycles. The lowest BCUT2D eigenvalue weighted by molar-refractivity contribution is -0.132. The highest BCUT2D eigenvalue weighted by Crippen LogP contribution is 2.31. The molecule has 2 rings (SSSR count). The molecule has 1 aromatic rings. The van der Waals surface area contributed by atoms with Gasteiger partial charge in [0, 0.05) is 32.1 Å². The van der Waals surface area contributed by atoms with Crippen LogP contribution in [-0.2, 0) is 11.2 Å². The zero-order valence-electron chi connectivity index (χ0n) is 18.5. The van der Waals surface area contributed by atoms with E-state index in [2.05, 4.69) is 11.8 Å². The van der Waals surface area contributed by atoms with Gasteiger partial charge in [0.15, 0.2) is 18.1 Å². The standard InChI is InChI=1S/C23H38N2O4/c1-5-12-24-13-11-20(26)19(16-24)14-18-9-10-21(22(15-18)28-8-4)29-17-23(27)25(6-2)7-3/h9-10,15,19-20,26H,5-8,11-14,16-17H2,1-4H3. The highest BCUT2D eigenvalue weighted by Gasteiger charge is 2.27. The minimum Gasteiger partial charge on any atom is -0.490 e. The average molecular weight is 407 g/mol. The number of hydrogen-bond acceptors (Lipinski definition) is 5. The highest BCUT2D eigenvalue weighted by atomic mass is 16.5.